The Bertz CT molecular complexity index is 1150. The van der Waals surface area contributed by atoms with E-state index in [9.17, 15) is 19.8 Å². The van der Waals surface area contributed by atoms with Crippen molar-refractivity contribution in [3.8, 4) is 11.8 Å². The molecule has 140 valence electrons. The molecule has 0 bridgehead atoms. The number of aromatic amines is 2. The number of nitrogens with two attached hydrogens (primary N) is 2. The molecule has 4 aromatic rings. The first-order chi connectivity index (χ1) is 12.4. The molecule has 0 unspecified atom stereocenters. The van der Waals surface area contributed by atoms with E-state index in [0.29, 0.717) is 11.4 Å². The third kappa shape index (κ3) is 5.48. The van der Waals surface area contributed by atoms with Crippen molar-refractivity contribution in [1.82, 2.24) is 20.4 Å². The van der Waals surface area contributed by atoms with E-state index in [2.05, 4.69) is 20.4 Å². The second-order valence-electron chi connectivity index (χ2n) is 5.26. The molecule has 8 N–H and O–H groups in total. The van der Waals surface area contributed by atoms with Crippen LogP contribution in [0.1, 0.15) is 0 Å². The summed E-state index contributed by atoms with van der Waals surface area (Å²) in [5.41, 5.74) is 10.8. The number of nitrogens with one attached hydrogen (secondary N) is 2. The van der Waals surface area contributed by atoms with Crippen LogP contribution in [0.3, 0.4) is 0 Å². The van der Waals surface area contributed by atoms with E-state index in [4.69, 9.17) is 11.5 Å². The predicted octanol–water partition coefficient (Wildman–Crippen LogP) is -7.66. The molecular formula is C16H14N6Na2O5. The molecule has 0 fully saturated rings. The molecule has 0 spiro atoms. The SMILES string of the molecule is Nc1cccc2c([O-])n[nH]c(=O)c12.Nc1cccc2c([O-])n[nH]c(=O)c12.O.[Na+].[Na+]. The van der Waals surface area contributed by atoms with Crippen LogP contribution in [0.25, 0.3) is 21.5 Å². The Morgan fingerprint density at radius 1 is 0.724 bits per heavy atom. The van der Waals surface area contributed by atoms with Gasteiger partial charge >= 0.3 is 59.1 Å². The second kappa shape index (κ2) is 11.2. The summed E-state index contributed by atoms with van der Waals surface area (Å²) < 4.78 is 0. The Labute approximate surface area is 207 Å². The molecule has 0 aliphatic rings. The van der Waals surface area contributed by atoms with E-state index < -0.39 is 22.9 Å². The standard InChI is InChI=1S/2C8H7N3O2.2Na.H2O/c2*9-5-3-1-2-4-6(5)8(13)11-10-7(4)12;;;/h2*1-3H,9H2,(H,10,12)(H,11,13);;;1H2/q;;2*+1;/p-2. The zero-order chi connectivity index (χ0) is 18.8. The van der Waals surface area contributed by atoms with Gasteiger partial charge in [0, 0.05) is 33.9 Å². The number of hydrogen-bond acceptors (Lipinski definition) is 8. The molecule has 29 heavy (non-hydrogen) atoms. The van der Waals surface area contributed by atoms with Crippen LogP contribution < -0.4 is 91.9 Å². The molecule has 11 nitrogen and oxygen atoms in total. The molecule has 0 aliphatic carbocycles. The predicted molar refractivity (Wildman–Crippen MR) is 96.1 cm³/mol. The average molecular weight is 416 g/mol. The van der Waals surface area contributed by atoms with Crippen molar-refractivity contribution in [3.63, 3.8) is 0 Å². The van der Waals surface area contributed by atoms with Crippen LogP contribution >= 0.6 is 0 Å². The summed E-state index contributed by atoms with van der Waals surface area (Å²) in [5, 5.41) is 34.0. The Balaban J connectivity index is 0.000000490. The molecule has 0 amide bonds. The van der Waals surface area contributed by atoms with Crippen LogP contribution in [-0.4, -0.2) is 25.9 Å². The third-order valence-corrected chi connectivity index (χ3v) is 3.63. The molecule has 0 aliphatic heterocycles. The molecule has 0 saturated heterocycles. The van der Waals surface area contributed by atoms with Crippen LogP contribution in [0.4, 0.5) is 11.4 Å². The number of benzene rings is 2. The number of aromatic nitrogens is 4. The van der Waals surface area contributed by atoms with Crippen LogP contribution in [-0.2, 0) is 0 Å². The van der Waals surface area contributed by atoms with Crippen molar-refractivity contribution in [3.05, 3.63) is 57.1 Å². The topological polar surface area (TPSA) is 221 Å². The summed E-state index contributed by atoms with van der Waals surface area (Å²) >= 11 is 0. The van der Waals surface area contributed by atoms with Gasteiger partial charge in [-0.15, -0.1) is 0 Å². The molecular weight excluding hydrogens is 402 g/mol. The molecule has 2 aromatic heterocycles. The Hall–Kier alpha value is -2.12. The minimum absolute atomic E-state index is 0. The summed E-state index contributed by atoms with van der Waals surface area (Å²) in [6.07, 6.45) is 0. The smallest absolute Gasteiger partial charge is 0.857 e. The van der Waals surface area contributed by atoms with E-state index in [1.807, 2.05) is 0 Å². The van der Waals surface area contributed by atoms with E-state index in [1.165, 1.54) is 12.1 Å². The van der Waals surface area contributed by atoms with Crippen LogP contribution in [0.2, 0.25) is 0 Å². The fourth-order valence-electron chi connectivity index (χ4n) is 2.44. The van der Waals surface area contributed by atoms with Gasteiger partial charge in [0.25, 0.3) is 11.1 Å². The number of H-pyrrole nitrogens is 2. The maximum atomic E-state index is 11.2. The molecule has 2 aromatic carbocycles. The zero-order valence-corrected chi connectivity index (χ0v) is 19.6. The van der Waals surface area contributed by atoms with Gasteiger partial charge in [-0.1, -0.05) is 24.3 Å². The quantitative estimate of drug-likeness (QED) is 0.159. The van der Waals surface area contributed by atoms with Gasteiger partial charge in [-0.3, -0.25) is 9.59 Å². The van der Waals surface area contributed by atoms with Crippen molar-refractivity contribution in [2.45, 2.75) is 0 Å². The van der Waals surface area contributed by atoms with Gasteiger partial charge in [-0.05, 0) is 12.1 Å². The Kier molecular flexibility index (Phi) is 10.3. The van der Waals surface area contributed by atoms with E-state index >= 15 is 0 Å². The fraction of sp³-hybridized carbons (Fsp3) is 0. The average Bonchev–Trinajstić information content (AvgIpc) is 2.62. The van der Waals surface area contributed by atoms with Gasteiger partial charge in [-0.25, -0.2) is 10.2 Å². The normalized spacial score (nSPS) is 9.38. The Morgan fingerprint density at radius 3 is 1.38 bits per heavy atom. The van der Waals surface area contributed by atoms with Crippen molar-refractivity contribution in [2.75, 3.05) is 11.5 Å². The number of nitrogen functional groups attached to an aromatic ring is 2. The molecule has 2 heterocycles. The number of rotatable bonds is 0. The van der Waals surface area contributed by atoms with Gasteiger partial charge in [0.15, 0.2) is 0 Å². The van der Waals surface area contributed by atoms with Crippen molar-refractivity contribution in [1.29, 1.82) is 0 Å². The first-order valence-electron chi connectivity index (χ1n) is 7.28. The molecule has 0 atom stereocenters. The second-order valence-corrected chi connectivity index (χ2v) is 5.26. The van der Waals surface area contributed by atoms with Crippen LogP contribution in [0.5, 0.6) is 11.8 Å². The van der Waals surface area contributed by atoms with Crippen LogP contribution in [0, 0.1) is 0 Å². The largest absolute Gasteiger partial charge is 1.00 e. The monoisotopic (exact) mass is 416 g/mol. The maximum Gasteiger partial charge on any atom is 1.00 e. The van der Waals surface area contributed by atoms with Crippen molar-refractivity contribution in [2.24, 2.45) is 0 Å². The van der Waals surface area contributed by atoms with Gasteiger partial charge < -0.3 is 27.2 Å². The fourth-order valence-corrected chi connectivity index (χ4v) is 2.44. The van der Waals surface area contributed by atoms with E-state index in [1.54, 1.807) is 24.3 Å². The number of hydrogen-bond donors (Lipinski definition) is 4. The van der Waals surface area contributed by atoms with Crippen molar-refractivity contribution < 1.29 is 74.8 Å². The number of nitrogens with zero attached hydrogens (tertiary/aromatic N) is 2. The summed E-state index contributed by atoms with van der Waals surface area (Å²) in [6.45, 7) is 0. The van der Waals surface area contributed by atoms with Crippen LogP contribution in [0.15, 0.2) is 46.0 Å². The molecule has 0 saturated carbocycles. The summed E-state index contributed by atoms with van der Waals surface area (Å²) in [5.74, 6) is -0.941. The molecule has 0 radical (unpaired) electrons. The number of anilines is 2. The van der Waals surface area contributed by atoms with Gasteiger partial charge in [0.05, 0.1) is 10.8 Å². The number of fused-ring (bicyclic) bond motifs is 2. The summed E-state index contributed by atoms with van der Waals surface area (Å²) in [7, 11) is 0. The van der Waals surface area contributed by atoms with Gasteiger partial charge in [-0.2, -0.15) is 10.2 Å². The van der Waals surface area contributed by atoms with Crippen molar-refractivity contribution >= 4 is 32.9 Å². The Morgan fingerprint density at radius 2 is 1.07 bits per heavy atom. The maximum absolute atomic E-state index is 11.2. The minimum atomic E-state index is -0.470. The first-order valence-corrected chi connectivity index (χ1v) is 7.28. The third-order valence-electron chi connectivity index (χ3n) is 3.63. The van der Waals surface area contributed by atoms with Gasteiger partial charge in [0.1, 0.15) is 0 Å². The summed E-state index contributed by atoms with van der Waals surface area (Å²) in [4.78, 5) is 22.4. The van der Waals surface area contributed by atoms with E-state index in [-0.39, 0.29) is 86.1 Å². The summed E-state index contributed by atoms with van der Waals surface area (Å²) in [6, 6.07) is 9.40. The minimum Gasteiger partial charge on any atom is -0.857 e. The van der Waals surface area contributed by atoms with Gasteiger partial charge in [0.2, 0.25) is 0 Å². The molecule has 13 heteroatoms. The molecule has 4 rings (SSSR count). The zero-order valence-electron chi connectivity index (χ0n) is 15.6. The van der Waals surface area contributed by atoms with E-state index in [0.717, 1.165) is 0 Å². The first kappa shape index (κ1) is 26.9.